The van der Waals surface area contributed by atoms with Gasteiger partial charge in [-0.2, -0.15) is 0 Å². The molecule has 1 saturated heterocycles. The Balaban J connectivity index is 2.10. The summed E-state index contributed by atoms with van der Waals surface area (Å²) in [6, 6.07) is 10.8. The van der Waals surface area contributed by atoms with Crippen LogP contribution in [0.5, 0.6) is 0 Å². The highest BCUT2D eigenvalue weighted by molar-refractivity contribution is 5.18. The first-order valence-corrected chi connectivity index (χ1v) is 5.49. The zero-order valence-electron chi connectivity index (χ0n) is 9.65. The van der Waals surface area contributed by atoms with Gasteiger partial charge in [-0.05, 0) is 25.5 Å². The molecular formula is C14H17NO. The van der Waals surface area contributed by atoms with E-state index in [1.54, 1.807) is 0 Å². The van der Waals surface area contributed by atoms with E-state index in [0.717, 1.165) is 12.1 Å². The fraction of sp³-hybridized carbons (Fsp3) is 0.286. The van der Waals surface area contributed by atoms with E-state index >= 15 is 0 Å². The van der Waals surface area contributed by atoms with Crippen molar-refractivity contribution in [3.8, 4) is 0 Å². The highest BCUT2D eigenvalue weighted by atomic mass is 16.5. The average molecular weight is 215 g/mol. The zero-order valence-corrected chi connectivity index (χ0v) is 9.65. The molecule has 0 N–H and O–H groups in total. The third kappa shape index (κ3) is 2.11. The molecule has 1 fully saturated rings. The lowest BCUT2D eigenvalue weighted by Crippen LogP contribution is -2.29. The van der Waals surface area contributed by atoms with Crippen molar-refractivity contribution in [1.29, 1.82) is 0 Å². The van der Waals surface area contributed by atoms with Gasteiger partial charge in [0.15, 0.2) is 5.88 Å². The fourth-order valence-electron chi connectivity index (χ4n) is 2.10. The minimum Gasteiger partial charge on any atom is -0.477 e. The molecule has 2 heteroatoms. The largest absolute Gasteiger partial charge is 0.477 e. The molecule has 1 aromatic carbocycles. The Kier molecular flexibility index (Phi) is 3.00. The predicted molar refractivity (Wildman–Crippen MR) is 65.7 cm³/mol. The number of ether oxygens (including phenoxy) is 1. The van der Waals surface area contributed by atoms with E-state index in [1.165, 1.54) is 5.56 Å². The summed E-state index contributed by atoms with van der Waals surface area (Å²) >= 11 is 0. The molecule has 1 atom stereocenters. The molecule has 1 aliphatic rings. The van der Waals surface area contributed by atoms with Crippen molar-refractivity contribution in [2.24, 2.45) is 0 Å². The highest BCUT2D eigenvalue weighted by Crippen LogP contribution is 2.25. The molecule has 2 rings (SSSR count). The van der Waals surface area contributed by atoms with Crippen molar-refractivity contribution in [1.82, 2.24) is 4.90 Å². The topological polar surface area (TPSA) is 12.5 Å². The molecule has 0 saturated carbocycles. The Labute approximate surface area is 96.8 Å². The van der Waals surface area contributed by atoms with Crippen LogP contribution in [0.15, 0.2) is 55.1 Å². The summed E-state index contributed by atoms with van der Waals surface area (Å²) in [6.45, 7) is 10.5. The Bertz CT molecular complexity index is 396. The third-order valence-corrected chi connectivity index (χ3v) is 2.80. The number of hydrogen-bond acceptors (Lipinski definition) is 2. The first-order chi connectivity index (χ1) is 7.68. The van der Waals surface area contributed by atoms with E-state index in [9.17, 15) is 0 Å². The standard InChI is InChI=1S/C14H17NO/c1-11(2)15-12(3)16-10-14(15)9-13-7-5-4-6-8-13/h4-8,14H,1,3,9-10H2,2H3/t14-/m0/s1. The molecule has 16 heavy (non-hydrogen) atoms. The summed E-state index contributed by atoms with van der Waals surface area (Å²) in [6.07, 6.45) is 0.965. The number of nitrogens with zero attached hydrogens (tertiary/aromatic N) is 1. The van der Waals surface area contributed by atoms with Crippen molar-refractivity contribution in [2.45, 2.75) is 19.4 Å². The highest BCUT2D eigenvalue weighted by Gasteiger charge is 2.28. The number of rotatable bonds is 3. The molecule has 0 amide bonds. The van der Waals surface area contributed by atoms with E-state index in [4.69, 9.17) is 4.74 Å². The van der Waals surface area contributed by atoms with E-state index < -0.39 is 0 Å². The van der Waals surface area contributed by atoms with Crippen LogP contribution < -0.4 is 0 Å². The van der Waals surface area contributed by atoms with Gasteiger partial charge < -0.3 is 9.64 Å². The van der Waals surface area contributed by atoms with Gasteiger partial charge in [-0.25, -0.2) is 0 Å². The Morgan fingerprint density at radius 1 is 1.44 bits per heavy atom. The van der Waals surface area contributed by atoms with Gasteiger partial charge in [0.1, 0.15) is 6.61 Å². The predicted octanol–water partition coefficient (Wildman–Crippen LogP) is 2.93. The van der Waals surface area contributed by atoms with Gasteiger partial charge in [0, 0.05) is 5.70 Å². The lowest BCUT2D eigenvalue weighted by Gasteiger charge is -2.23. The molecule has 0 aromatic heterocycles. The second-order valence-electron chi connectivity index (χ2n) is 4.15. The summed E-state index contributed by atoms with van der Waals surface area (Å²) in [5.41, 5.74) is 2.31. The Morgan fingerprint density at radius 3 is 2.75 bits per heavy atom. The van der Waals surface area contributed by atoms with Crippen LogP contribution in [0, 0.1) is 0 Å². The average Bonchev–Trinajstić information content (AvgIpc) is 2.61. The van der Waals surface area contributed by atoms with Crippen molar-refractivity contribution in [3.63, 3.8) is 0 Å². The van der Waals surface area contributed by atoms with Gasteiger partial charge in [-0.15, -0.1) is 0 Å². The first kappa shape index (κ1) is 10.8. The van der Waals surface area contributed by atoms with E-state index in [-0.39, 0.29) is 0 Å². The quantitative estimate of drug-likeness (QED) is 0.768. The monoisotopic (exact) mass is 215 g/mol. The molecular weight excluding hydrogens is 198 g/mol. The van der Waals surface area contributed by atoms with Crippen molar-refractivity contribution in [2.75, 3.05) is 6.61 Å². The fourth-order valence-corrected chi connectivity index (χ4v) is 2.10. The number of allylic oxidation sites excluding steroid dienone is 1. The molecule has 0 spiro atoms. The van der Waals surface area contributed by atoms with Gasteiger partial charge in [0.25, 0.3) is 0 Å². The molecule has 1 aliphatic heterocycles. The van der Waals surface area contributed by atoms with E-state index in [1.807, 2.05) is 13.0 Å². The normalized spacial score (nSPS) is 19.7. The van der Waals surface area contributed by atoms with Gasteiger partial charge in [-0.3, -0.25) is 0 Å². The third-order valence-electron chi connectivity index (χ3n) is 2.80. The smallest absolute Gasteiger partial charge is 0.186 e. The molecule has 1 aromatic rings. The van der Waals surface area contributed by atoms with Crippen LogP contribution in [0.25, 0.3) is 0 Å². The van der Waals surface area contributed by atoms with Crippen LogP contribution in [0.1, 0.15) is 12.5 Å². The maximum Gasteiger partial charge on any atom is 0.186 e. The maximum atomic E-state index is 5.48. The lowest BCUT2D eigenvalue weighted by molar-refractivity contribution is 0.247. The second kappa shape index (κ2) is 4.44. The van der Waals surface area contributed by atoms with Gasteiger partial charge in [-0.1, -0.05) is 36.9 Å². The summed E-state index contributed by atoms with van der Waals surface area (Å²) in [4.78, 5) is 2.08. The molecule has 0 unspecified atom stereocenters. The minimum atomic E-state index is 0.326. The zero-order chi connectivity index (χ0) is 11.5. The van der Waals surface area contributed by atoms with E-state index in [0.29, 0.717) is 18.5 Å². The summed E-state index contributed by atoms with van der Waals surface area (Å²) in [5.74, 6) is 0.716. The summed E-state index contributed by atoms with van der Waals surface area (Å²) < 4.78 is 5.48. The van der Waals surface area contributed by atoms with Crippen LogP contribution in [-0.4, -0.2) is 17.5 Å². The van der Waals surface area contributed by atoms with Crippen LogP contribution >= 0.6 is 0 Å². The van der Waals surface area contributed by atoms with Crippen LogP contribution in [0.4, 0.5) is 0 Å². The lowest BCUT2D eigenvalue weighted by atomic mass is 10.1. The van der Waals surface area contributed by atoms with E-state index in [2.05, 4.69) is 42.3 Å². The molecule has 84 valence electrons. The molecule has 0 bridgehead atoms. The van der Waals surface area contributed by atoms with Crippen molar-refractivity contribution >= 4 is 0 Å². The SMILES string of the molecule is C=C(C)N1C(=C)OC[C@@H]1Cc1ccccc1. The molecule has 0 radical (unpaired) electrons. The number of hydrogen-bond donors (Lipinski definition) is 0. The van der Waals surface area contributed by atoms with Crippen LogP contribution in [0.2, 0.25) is 0 Å². The molecule has 2 nitrogen and oxygen atoms in total. The maximum absolute atomic E-state index is 5.48. The molecule has 1 heterocycles. The van der Waals surface area contributed by atoms with Crippen LogP contribution in [-0.2, 0) is 11.2 Å². The summed E-state index contributed by atoms with van der Waals surface area (Å²) in [5, 5.41) is 0. The number of benzene rings is 1. The first-order valence-electron chi connectivity index (χ1n) is 5.49. The van der Waals surface area contributed by atoms with Crippen LogP contribution in [0.3, 0.4) is 0 Å². The van der Waals surface area contributed by atoms with Crippen molar-refractivity contribution < 1.29 is 4.74 Å². The Morgan fingerprint density at radius 2 is 2.12 bits per heavy atom. The van der Waals surface area contributed by atoms with Gasteiger partial charge >= 0.3 is 0 Å². The summed E-state index contributed by atoms with van der Waals surface area (Å²) in [7, 11) is 0. The second-order valence-corrected chi connectivity index (χ2v) is 4.15. The minimum absolute atomic E-state index is 0.326. The van der Waals surface area contributed by atoms with Gasteiger partial charge in [0.05, 0.1) is 6.04 Å². The van der Waals surface area contributed by atoms with Gasteiger partial charge in [0.2, 0.25) is 0 Å². The Hall–Kier alpha value is -1.70. The van der Waals surface area contributed by atoms with Crippen molar-refractivity contribution in [3.05, 3.63) is 60.6 Å². The molecule has 0 aliphatic carbocycles.